The molecule has 30 valence electrons. The fourth-order valence-corrected chi connectivity index (χ4v) is 0.919. The molecule has 5 heavy (non-hydrogen) atoms. The van der Waals surface area contributed by atoms with E-state index in [1.54, 1.807) is 0 Å². The predicted octanol–water partition coefficient (Wildman–Crippen LogP) is 0.572. The number of hydrogen-bond acceptors (Lipinski definition) is 1. The summed E-state index contributed by atoms with van der Waals surface area (Å²) in [6.07, 6.45) is 1.40. The maximum Gasteiger partial charge on any atom is 0.0121 e. The van der Waals surface area contributed by atoms with Crippen molar-refractivity contribution in [3.63, 3.8) is 0 Å². The van der Waals surface area contributed by atoms with E-state index in [9.17, 15) is 0 Å². The summed E-state index contributed by atoms with van der Waals surface area (Å²) in [6, 6.07) is 0.827. The molecule has 0 bridgehead atoms. The van der Waals surface area contributed by atoms with Gasteiger partial charge in [-0.15, -0.1) is 0 Å². The van der Waals surface area contributed by atoms with Crippen LogP contribution in [-0.4, -0.2) is 12.2 Å². The topological polar surface area (TPSA) is 12.0 Å². The van der Waals surface area contributed by atoms with Crippen LogP contribution in [0.1, 0.15) is 6.92 Å². The van der Waals surface area contributed by atoms with Crippen LogP contribution in [0.5, 0.6) is 0 Å². The zero-order chi connectivity index (χ0) is 3.70. The van der Waals surface area contributed by atoms with Gasteiger partial charge in [-0.25, -0.2) is 0 Å². The summed E-state index contributed by atoms with van der Waals surface area (Å²) in [5, 5.41) is 3.24. The molecule has 0 spiro atoms. The third kappa shape index (κ3) is 0.614. The Hall–Kier alpha value is 0.390. The van der Waals surface area contributed by atoms with Crippen molar-refractivity contribution in [2.24, 2.45) is 0 Å². The highest BCUT2D eigenvalue weighted by atomic mass is 31.1. The monoisotopic (exact) mass is 89.0 g/mol. The minimum absolute atomic E-state index is 0.827. The number of nitrogens with one attached hydrogen (secondary N) is 1. The quantitative estimate of drug-likeness (QED) is 0.428. The standard InChI is InChI=1S/C3H8NP/c1-3-2-5-4-3/h3-5H,2H2,1H3. The van der Waals surface area contributed by atoms with E-state index < -0.39 is 0 Å². The second-order valence-electron chi connectivity index (χ2n) is 1.43. The molecule has 0 radical (unpaired) electrons. The van der Waals surface area contributed by atoms with Crippen LogP contribution in [0.15, 0.2) is 0 Å². The first kappa shape index (κ1) is 3.58. The Morgan fingerprint density at radius 3 is 2.40 bits per heavy atom. The second-order valence-corrected chi connectivity index (χ2v) is 2.48. The summed E-state index contributed by atoms with van der Waals surface area (Å²) < 4.78 is 0. The molecule has 1 N–H and O–H groups in total. The zero-order valence-corrected chi connectivity index (χ0v) is 4.28. The van der Waals surface area contributed by atoms with Gasteiger partial charge in [-0.2, -0.15) is 0 Å². The van der Waals surface area contributed by atoms with Crippen LogP contribution in [-0.2, 0) is 0 Å². The molecule has 0 aliphatic carbocycles. The molecule has 1 rings (SSSR count). The smallest absolute Gasteiger partial charge is 0.0121 e. The molecule has 2 unspecified atom stereocenters. The van der Waals surface area contributed by atoms with E-state index in [2.05, 4.69) is 12.0 Å². The summed E-state index contributed by atoms with van der Waals surface area (Å²) in [7, 11) is 1.05. The first-order chi connectivity index (χ1) is 2.39. The van der Waals surface area contributed by atoms with E-state index >= 15 is 0 Å². The molecule has 1 heterocycles. The van der Waals surface area contributed by atoms with E-state index in [1.165, 1.54) is 6.16 Å². The lowest BCUT2D eigenvalue weighted by atomic mass is 10.4. The zero-order valence-electron chi connectivity index (χ0n) is 3.28. The molecule has 2 heteroatoms. The number of rotatable bonds is 0. The third-order valence-electron chi connectivity index (χ3n) is 0.757. The van der Waals surface area contributed by atoms with Gasteiger partial charge in [-0.05, 0) is 13.1 Å². The molecule has 1 nitrogen and oxygen atoms in total. The van der Waals surface area contributed by atoms with E-state index in [-0.39, 0.29) is 0 Å². The predicted molar refractivity (Wildman–Crippen MR) is 25.8 cm³/mol. The van der Waals surface area contributed by atoms with Crippen molar-refractivity contribution >= 4 is 8.73 Å². The Kier molecular flexibility index (Phi) is 0.884. The van der Waals surface area contributed by atoms with Gasteiger partial charge >= 0.3 is 0 Å². The van der Waals surface area contributed by atoms with Gasteiger partial charge in [0, 0.05) is 6.04 Å². The minimum atomic E-state index is 0.827. The molecule has 1 aliphatic heterocycles. The van der Waals surface area contributed by atoms with Gasteiger partial charge in [0.05, 0.1) is 0 Å². The summed E-state index contributed by atoms with van der Waals surface area (Å²) in [6.45, 7) is 2.20. The molecule has 0 aromatic heterocycles. The summed E-state index contributed by atoms with van der Waals surface area (Å²) in [4.78, 5) is 0. The fourth-order valence-electron chi connectivity index (χ4n) is 0.306. The van der Waals surface area contributed by atoms with Gasteiger partial charge in [0.25, 0.3) is 0 Å². The molecule has 1 aliphatic rings. The van der Waals surface area contributed by atoms with Gasteiger partial charge in [0.2, 0.25) is 0 Å². The highest BCUT2D eigenvalue weighted by Gasteiger charge is 2.07. The summed E-state index contributed by atoms with van der Waals surface area (Å²) in [5.74, 6) is 0. The van der Waals surface area contributed by atoms with E-state index in [4.69, 9.17) is 0 Å². The maximum absolute atomic E-state index is 3.24. The average Bonchev–Trinajstić information content (AvgIpc) is 1.30. The van der Waals surface area contributed by atoms with Gasteiger partial charge in [0.1, 0.15) is 0 Å². The Morgan fingerprint density at radius 1 is 2.00 bits per heavy atom. The van der Waals surface area contributed by atoms with E-state index in [1.807, 2.05) is 0 Å². The Bertz CT molecular complexity index is 33.9. The van der Waals surface area contributed by atoms with Crippen molar-refractivity contribution in [2.45, 2.75) is 13.0 Å². The lowest BCUT2D eigenvalue weighted by molar-refractivity contribution is 0.718. The molecule has 0 saturated carbocycles. The second kappa shape index (κ2) is 1.24. The fraction of sp³-hybridized carbons (Fsp3) is 1.00. The molecule has 2 atom stereocenters. The van der Waals surface area contributed by atoms with E-state index in [0.29, 0.717) is 0 Å². The first-order valence-corrected chi connectivity index (χ1v) is 3.08. The molecule has 0 aromatic carbocycles. The van der Waals surface area contributed by atoms with Gasteiger partial charge in [-0.3, -0.25) is 5.09 Å². The van der Waals surface area contributed by atoms with E-state index in [0.717, 1.165) is 14.8 Å². The van der Waals surface area contributed by atoms with Crippen molar-refractivity contribution in [1.82, 2.24) is 5.09 Å². The molecular weight excluding hydrogens is 81.0 g/mol. The lowest BCUT2D eigenvalue weighted by Crippen LogP contribution is -2.30. The van der Waals surface area contributed by atoms with Crippen molar-refractivity contribution in [1.29, 1.82) is 0 Å². The normalized spacial score (nSPS) is 41.4. The van der Waals surface area contributed by atoms with Crippen LogP contribution in [0, 0.1) is 0 Å². The average molecular weight is 89.1 g/mol. The largest absolute Gasteiger partial charge is 0.295 e. The van der Waals surface area contributed by atoms with Crippen LogP contribution in [0.25, 0.3) is 0 Å². The van der Waals surface area contributed by atoms with Gasteiger partial charge in [0.15, 0.2) is 0 Å². The van der Waals surface area contributed by atoms with Gasteiger partial charge < -0.3 is 0 Å². The minimum Gasteiger partial charge on any atom is -0.295 e. The first-order valence-electron chi connectivity index (χ1n) is 1.88. The van der Waals surface area contributed by atoms with Crippen molar-refractivity contribution in [3.8, 4) is 0 Å². The molecular formula is C3H8NP. The highest BCUT2D eigenvalue weighted by molar-refractivity contribution is 7.37. The number of hydrogen-bond donors (Lipinski definition) is 1. The van der Waals surface area contributed by atoms with Crippen LogP contribution >= 0.6 is 8.73 Å². The molecule has 0 aromatic rings. The van der Waals surface area contributed by atoms with Crippen molar-refractivity contribution in [2.75, 3.05) is 6.16 Å². The maximum atomic E-state index is 3.24. The summed E-state index contributed by atoms with van der Waals surface area (Å²) >= 11 is 0. The van der Waals surface area contributed by atoms with Gasteiger partial charge in [-0.1, -0.05) is 8.73 Å². The molecule has 0 amide bonds. The van der Waals surface area contributed by atoms with Crippen molar-refractivity contribution < 1.29 is 0 Å². The van der Waals surface area contributed by atoms with Crippen LogP contribution < -0.4 is 5.09 Å². The van der Waals surface area contributed by atoms with Crippen LogP contribution in [0.3, 0.4) is 0 Å². The SMILES string of the molecule is CC1CPN1. The van der Waals surface area contributed by atoms with Crippen LogP contribution in [0.4, 0.5) is 0 Å². The third-order valence-corrected chi connectivity index (χ3v) is 2.27. The molecule has 1 saturated heterocycles. The highest BCUT2D eigenvalue weighted by Crippen LogP contribution is 2.17. The lowest BCUT2D eigenvalue weighted by Gasteiger charge is -2.22. The van der Waals surface area contributed by atoms with Crippen molar-refractivity contribution in [3.05, 3.63) is 0 Å². The Morgan fingerprint density at radius 2 is 2.40 bits per heavy atom. The summed E-state index contributed by atoms with van der Waals surface area (Å²) in [5.41, 5.74) is 0. The van der Waals surface area contributed by atoms with Crippen LogP contribution in [0.2, 0.25) is 0 Å². The Labute approximate surface area is 34.0 Å². The Balaban J connectivity index is 2.08. The molecule has 1 fully saturated rings.